The Kier molecular flexibility index (Phi) is 5.30. The van der Waals surface area contributed by atoms with Crippen molar-refractivity contribution in [1.82, 2.24) is 4.72 Å². The summed E-state index contributed by atoms with van der Waals surface area (Å²) in [6.45, 7) is 3.14. The van der Waals surface area contributed by atoms with Gasteiger partial charge in [-0.1, -0.05) is 19.1 Å². The smallest absolute Gasteiger partial charge is 0.326 e. The number of carbonyl (C=O) groups excluding carboxylic acids is 1. The maximum Gasteiger partial charge on any atom is 0.326 e. The van der Waals surface area contributed by atoms with Crippen molar-refractivity contribution < 1.29 is 17.9 Å². The second-order valence-corrected chi connectivity index (χ2v) is 5.80. The molecule has 0 atom stereocenters. The molecule has 1 rings (SSSR count). The van der Waals surface area contributed by atoms with Gasteiger partial charge in [-0.25, -0.2) is 13.1 Å². The highest BCUT2D eigenvalue weighted by molar-refractivity contribution is 7.89. The van der Waals surface area contributed by atoms with Crippen LogP contribution in [-0.4, -0.2) is 26.7 Å². The maximum atomic E-state index is 11.4. The first-order valence-corrected chi connectivity index (χ1v) is 7.39. The molecule has 6 heteroatoms. The van der Waals surface area contributed by atoms with Crippen molar-refractivity contribution in [3.63, 3.8) is 0 Å². The lowest BCUT2D eigenvalue weighted by atomic mass is 10.2. The molecular weight excluding hydrogens is 254 g/mol. The molecule has 5 nitrogen and oxygen atoms in total. The summed E-state index contributed by atoms with van der Waals surface area (Å²) in [5.74, 6) is -0.263. The molecular formula is C12H17NO4S. The van der Waals surface area contributed by atoms with Crippen LogP contribution in [0.3, 0.4) is 0 Å². The van der Waals surface area contributed by atoms with Crippen molar-refractivity contribution in [3.05, 3.63) is 29.8 Å². The van der Waals surface area contributed by atoms with Crippen molar-refractivity contribution >= 4 is 16.0 Å². The predicted molar refractivity (Wildman–Crippen MR) is 68.9 cm³/mol. The van der Waals surface area contributed by atoms with E-state index >= 15 is 0 Å². The highest BCUT2D eigenvalue weighted by Gasteiger charge is 2.11. The molecule has 0 aliphatic rings. The molecule has 0 heterocycles. The zero-order valence-corrected chi connectivity index (χ0v) is 11.3. The topological polar surface area (TPSA) is 72.5 Å². The van der Waals surface area contributed by atoms with E-state index in [-0.39, 0.29) is 12.3 Å². The fraction of sp³-hybridized carbons (Fsp3) is 0.417. The van der Waals surface area contributed by atoms with Crippen molar-refractivity contribution in [2.24, 2.45) is 0 Å². The van der Waals surface area contributed by atoms with E-state index in [9.17, 15) is 13.2 Å². The third kappa shape index (κ3) is 4.85. The van der Waals surface area contributed by atoms with Crippen LogP contribution >= 0.6 is 0 Å². The lowest BCUT2D eigenvalue weighted by molar-refractivity contribution is -0.133. The number of aryl methyl sites for hydroxylation is 1. The van der Waals surface area contributed by atoms with Crippen molar-refractivity contribution in [2.75, 3.05) is 12.3 Å². The normalized spacial score (nSPS) is 11.2. The summed E-state index contributed by atoms with van der Waals surface area (Å²) in [6.07, 6.45) is 0.841. The van der Waals surface area contributed by atoms with Gasteiger partial charge in [-0.3, -0.25) is 4.79 Å². The molecule has 1 N–H and O–H groups in total. The van der Waals surface area contributed by atoms with E-state index in [1.165, 1.54) is 6.92 Å². The molecule has 0 saturated carbocycles. The summed E-state index contributed by atoms with van der Waals surface area (Å²) in [5.41, 5.74) is 1.05. The van der Waals surface area contributed by atoms with E-state index in [1.54, 1.807) is 18.2 Å². The first kappa shape index (κ1) is 14.7. The number of esters is 1. The summed E-state index contributed by atoms with van der Waals surface area (Å²) in [4.78, 5) is 11.4. The molecule has 0 fully saturated rings. The molecule has 0 aromatic heterocycles. The molecule has 0 amide bonds. The van der Waals surface area contributed by atoms with Gasteiger partial charge in [0, 0.05) is 0 Å². The fourth-order valence-corrected chi connectivity index (χ4v) is 1.81. The summed E-state index contributed by atoms with van der Waals surface area (Å²) >= 11 is 0. The minimum absolute atomic E-state index is 0.0639. The number of ether oxygens (including phenoxy) is 1. The third-order valence-corrected chi connectivity index (χ3v) is 3.70. The number of nitrogens with one attached hydrogen (secondary N) is 1. The largest absolute Gasteiger partial charge is 0.426 e. The van der Waals surface area contributed by atoms with Gasteiger partial charge in [0.15, 0.2) is 0 Å². The summed E-state index contributed by atoms with van der Waals surface area (Å²) in [6, 6.07) is 7.13. The minimum atomic E-state index is -3.37. The summed E-state index contributed by atoms with van der Waals surface area (Å²) < 4.78 is 29.5. The van der Waals surface area contributed by atoms with E-state index in [0.717, 1.165) is 12.0 Å². The quantitative estimate of drug-likeness (QED) is 0.621. The van der Waals surface area contributed by atoms with Crippen LogP contribution in [0.5, 0.6) is 5.75 Å². The molecule has 18 heavy (non-hydrogen) atoms. The van der Waals surface area contributed by atoms with Gasteiger partial charge in [0.25, 0.3) is 0 Å². The van der Waals surface area contributed by atoms with Crippen LogP contribution in [0.15, 0.2) is 24.3 Å². The first-order chi connectivity index (χ1) is 8.46. The SMILES string of the molecule is CCc1cccc(OC(=O)CNS(=O)(=O)CC)c1. The van der Waals surface area contributed by atoms with Gasteiger partial charge in [0.05, 0.1) is 5.75 Å². The van der Waals surface area contributed by atoms with Crippen LogP contribution < -0.4 is 9.46 Å². The lowest BCUT2D eigenvalue weighted by Crippen LogP contribution is -2.32. The van der Waals surface area contributed by atoms with Gasteiger partial charge in [0.1, 0.15) is 12.3 Å². The van der Waals surface area contributed by atoms with Gasteiger partial charge in [-0.15, -0.1) is 0 Å². The van der Waals surface area contributed by atoms with Crippen LogP contribution in [0.4, 0.5) is 0 Å². The summed E-state index contributed by atoms with van der Waals surface area (Å²) in [5, 5.41) is 0. The molecule has 0 saturated heterocycles. The predicted octanol–water partition coefficient (Wildman–Crippen LogP) is 1.09. The van der Waals surface area contributed by atoms with Crippen molar-refractivity contribution in [1.29, 1.82) is 0 Å². The zero-order valence-electron chi connectivity index (χ0n) is 10.5. The van der Waals surface area contributed by atoms with E-state index in [4.69, 9.17) is 4.74 Å². The number of sulfonamides is 1. The lowest BCUT2D eigenvalue weighted by Gasteiger charge is -2.06. The summed E-state index contributed by atoms with van der Waals surface area (Å²) in [7, 11) is -3.37. The van der Waals surface area contributed by atoms with Crippen LogP contribution in [-0.2, 0) is 21.2 Å². The molecule has 1 aromatic rings. The molecule has 0 unspecified atom stereocenters. The molecule has 100 valence electrons. The van der Waals surface area contributed by atoms with Crippen LogP contribution in [0, 0.1) is 0 Å². The van der Waals surface area contributed by atoms with E-state index < -0.39 is 16.0 Å². The molecule has 0 bridgehead atoms. The monoisotopic (exact) mass is 271 g/mol. The first-order valence-electron chi connectivity index (χ1n) is 5.73. The Hall–Kier alpha value is -1.40. The standard InChI is InChI=1S/C12H17NO4S/c1-3-10-6-5-7-11(8-10)17-12(14)9-13-18(15,16)4-2/h5-8,13H,3-4,9H2,1-2H3. The Morgan fingerprint density at radius 1 is 1.33 bits per heavy atom. The third-order valence-electron chi connectivity index (χ3n) is 2.35. The molecule has 0 aliphatic carbocycles. The van der Waals surface area contributed by atoms with Gasteiger partial charge in [-0.05, 0) is 31.0 Å². The van der Waals surface area contributed by atoms with E-state index in [2.05, 4.69) is 4.72 Å². The van der Waals surface area contributed by atoms with Gasteiger partial charge in [0.2, 0.25) is 10.0 Å². The highest BCUT2D eigenvalue weighted by Crippen LogP contribution is 2.13. The van der Waals surface area contributed by atoms with E-state index in [0.29, 0.717) is 5.75 Å². The number of carbonyl (C=O) groups is 1. The second kappa shape index (κ2) is 6.51. The zero-order chi connectivity index (χ0) is 13.6. The Balaban J connectivity index is 2.54. The average molecular weight is 271 g/mol. The van der Waals surface area contributed by atoms with Gasteiger partial charge >= 0.3 is 5.97 Å². The number of rotatable bonds is 6. The Labute approximate surface area is 107 Å². The van der Waals surface area contributed by atoms with Gasteiger partial charge < -0.3 is 4.74 Å². The highest BCUT2D eigenvalue weighted by atomic mass is 32.2. The molecule has 1 aromatic carbocycles. The number of hydrogen-bond acceptors (Lipinski definition) is 4. The van der Waals surface area contributed by atoms with Crippen LogP contribution in [0.2, 0.25) is 0 Å². The Morgan fingerprint density at radius 3 is 2.67 bits per heavy atom. The Bertz CT molecular complexity index is 511. The van der Waals surface area contributed by atoms with E-state index in [1.807, 2.05) is 13.0 Å². The van der Waals surface area contributed by atoms with Crippen LogP contribution in [0.25, 0.3) is 0 Å². The van der Waals surface area contributed by atoms with Crippen molar-refractivity contribution in [2.45, 2.75) is 20.3 Å². The van der Waals surface area contributed by atoms with Gasteiger partial charge in [-0.2, -0.15) is 0 Å². The Morgan fingerprint density at radius 2 is 2.06 bits per heavy atom. The fourth-order valence-electron chi connectivity index (χ4n) is 1.27. The second-order valence-electron chi connectivity index (χ2n) is 3.70. The minimum Gasteiger partial charge on any atom is -0.426 e. The number of hydrogen-bond donors (Lipinski definition) is 1. The molecule has 0 radical (unpaired) electrons. The molecule has 0 spiro atoms. The van der Waals surface area contributed by atoms with Crippen LogP contribution in [0.1, 0.15) is 19.4 Å². The molecule has 0 aliphatic heterocycles. The maximum absolute atomic E-state index is 11.4. The van der Waals surface area contributed by atoms with Crippen molar-refractivity contribution in [3.8, 4) is 5.75 Å². The average Bonchev–Trinajstić information content (AvgIpc) is 2.37. The number of benzene rings is 1.